The van der Waals surface area contributed by atoms with Gasteiger partial charge in [0, 0.05) is 20.0 Å². The number of hydrogen-bond acceptors (Lipinski definition) is 7. The lowest BCUT2D eigenvalue weighted by molar-refractivity contribution is -0.161. The van der Waals surface area contributed by atoms with Crippen molar-refractivity contribution < 1.29 is 37.6 Å². The highest BCUT2D eigenvalue weighted by Crippen LogP contribution is 2.42. The van der Waals surface area contributed by atoms with Crippen molar-refractivity contribution in [3.05, 3.63) is 48.6 Å². The number of esters is 2. The molecule has 0 aliphatic carbocycles. The summed E-state index contributed by atoms with van der Waals surface area (Å²) in [6.45, 7) is 3.76. The Balaban J connectivity index is 4.05. The van der Waals surface area contributed by atoms with Gasteiger partial charge in [0.1, 0.15) is 6.61 Å². The molecule has 0 spiro atoms. The predicted molar refractivity (Wildman–Crippen MR) is 212 cm³/mol. The van der Waals surface area contributed by atoms with Crippen molar-refractivity contribution in [1.29, 1.82) is 0 Å². The summed E-state index contributed by atoms with van der Waals surface area (Å²) in [7, 11) is -3.21. The lowest BCUT2D eigenvalue weighted by Gasteiger charge is -2.19. The zero-order chi connectivity index (χ0) is 37.5. The number of ether oxygens (including phenoxy) is 2. The highest BCUT2D eigenvalue weighted by Gasteiger charge is 2.24. The van der Waals surface area contributed by atoms with E-state index in [9.17, 15) is 19.0 Å². The van der Waals surface area contributed by atoms with E-state index in [1.807, 2.05) is 0 Å². The summed E-state index contributed by atoms with van der Waals surface area (Å²) < 4.78 is 31.9. The smallest absolute Gasteiger partial charge is 0.462 e. The normalized spacial score (nSPS) is 13.9. The molecule has 0 bridgehead atoms. The summed E-state index contributed by atoms with van der Waals surface area (Å²) in [4.78, 5) is 34.4. The molecule has 296 valence electrons. The molecule has 0 fully saturated rings. The van der Waals surface area contributed by atoms with Crippen molar-refractivity contribution >= 4 is 19.8 Å². The van der Waals surface area contributed by atoms with Gasteiger partial charge in [0.2, 0.25) is 0 Å². The molecule has 0 aliphatic heterocycles. The van der Waals surface area contributed by atoms with E-state index in [-0.39, 0.29) is 19.0 Å². The first kappa shape index (κ1) is 49.0. The summed E-state index contributed by atoms with van der Waals surface area (Å²) in [6, 6.07) is 0. The van der Waals surface area contributed by atoms with E-state index in [2.05, 4.69) is 67.0 Å². The molecule has 0 heterocycles. The van der Waals surface area contributed by atoms with Crippen molar-refractivity contribution in [3.8, 4) is 0 Å². The van der Waals surface area contributed by atoms with Crippen LogP contribution >= 0.6 is 7.82 Å². The van der Waals surface area contributed by atoms with Gasteiger partial charge in [0.05, 0.1) is 6.61 Å². The number of allylic oxidation sites excluding steroid dienone is 8. The Bertz CT molecular complexity index is 974. The van der Waals surface area contributed by atoms with Gasteiger partial charge in [-0.1, -0.05) is 165 Å². The average Bonchev–Trinajstić information content (AvgIpc) is 3.12. The molecule has 0 amide bonds. The second kappa shape index (κ2) is 37.8. The number of carbonyl (C=O) groups excluding carboxylic acids is 2. The van der Waals surface area contributed by atoms with E-state index in [1.165, 1.54) is 64.2 Å². The summed E-state index contributed by atoms with van der Waals surface area (Å²) in [5.74, 6) is -0.819. The molecule has 0 rings (SSSR count). The second-order valence-electron chi connectivity index (χ2n) is 13.4. The van der Waals surface area contributed by atoms with Gasteiger partial charge in [-0.3, -0.25) is 18.6 Å². The first-order chi connectivity index (χ1) is 24.8. The highest BCUT2D eigenvalue weighted by atomic mass is 31.2. The molecule has 0 saturated carbocycles. The summed E-state index contributed by atoms with van der Waals surface area (Å²) in [6.07, 6.45) is 44.4. The monoisotopic (exact) mass is 739 g/mol. The van der Waals surface area contributed by atoms with Gasteiger partial charge in [-0.05, 0) is 51.4 Å². The quantitative estimate of drug-likeness (QED) is 0.0290. The third-order valence-electron chi connectivity index (χ3n) is 8.59. The molecule has 1 N–H and O–H groups in total. The van der Waals surface area contributed by atoms with Crippen molar-refractivity contribution in [2.24, 2.45) is 0 Å². The summed E-state index contributed by atoms with van der Waals surface area (Å²) in [5, 5.41) is 0. The maximum Gasteiger partial charge on any atom is 0.472 e. The Labute approximate surface area is 312 Å². The molecular formula is C42H75O8P. The van der Waals surface area contributed by atoms with Gasteiger partial charge in [0.25, 0.3) is 0 Å². The molecule has 2 unspecified atom stereocenters. The predicted octanol–water partition coefficient (Wildman–Crippen LogP) is 12.6. The molecule has 9 heteroatoms. The van der Waals surface area contributed by atoms with Crippen LogP contribution in [0.3, 0.4) is 0 Å². The zero-order valence-corrected chi connectivity index (χ0v) is 33.6. The van der Waals surface area contributed by atoms with Gasteiger partial charge in [-0.25, -0.2) is 4.57 Å². The second-order valence-corrected chi connectivity index (χ2v) is 15.0. The molecule has 8 nitrogen and oxygen atoms in total. The van der Waals surface area contributed by atoms with Crippen LogP contribution in [-0.4, -0.2) is 43.3 Å². The van der Waals surface area contributed by atoms with E-state index in [4.69, 9.17) is 14.0 Å². The molecule has 0 aromatic heterocycles. The van der Waals surface area contributed by atoms with Crippen LogP contribution in [0, 0.1) is 0 Å². The van der Waals surface area contributed by atoms with E-state index in [1.54, 1.807) is 0 Å². The molecule has 0 aromatic rings. The molecule has 0 radical (unpaired) electrons. The summed E-state index contributed by atoms with van der Waals surface area (Å²) >= 11 is 0. The minimum atomic E-state index is -4.26. The van der Waals surface area contributed by atoms with Gasteiger partial charge in [-0.2, -0.15) is 0 Å². The van der Waals surface area contributed by atoms with Crippen LogP contribution in [-0.2, 0) is 32.7 Å². The van der Waals surface area contributed by atoms with E-state index in [0.29, 0.717) is 12.8 Å². The fraction of sp³-hybridized carbons (Fsp3) is 0.762. The SMILES string of the molecule is CC/C=C\C/C=C\C/C=C\C/C=C\CCCCCCCCC(=O)OC(COC(=O)CCCCCCCCCCCCCCC)COP(=O)(O)OC. The third-order valence-corrected chi connectivity index (χ3v) is 9.52. The lowest BCUT2D eigenvalue weighted by atomic mass is 10.0. The van der Waals surface area contributed by atoms with Gasteiger partial charge >= 0.3 is 19.8 Å². The number of rotatable bonds is 37. The van der Waals surface area contributed by atoms with Crippen LogP contribution in [0.1, 0.15) is 181 Å². The summed E-state index contributed by atoms with van der Waals surface area (Å²) in [5.41, 5.74) is 0. The molecular weight excluding hydrogens is 663 g/mol. The number of phosphoric acid groups is 1. The fourth-order valence-electron chi connectivity index (χ4n) is 5.47. The number of carbonyl (C=O) groups is 2. The molecule has 0 aliphatic rings. The molecule has 0 aromatic carbocycles. The first-order valence-electron chi connectivity index (χ1n) is 20.3. The van der Waals surface area contributed by atoms with E-state index >= 15 is 0 Å². The molecule has 0 saturated heterocycles. The standard InChI is InChI=1S/C42H75O8P/c1-4-6-8-10-12-14-16-18-19-20-21-22-23-25-27-29-31-33-35-37-42(44)50-40(39-49-51(45,46)47-3)38-48-41(43)36-34-32-30-28-26-24-17-15-13-11-9-7-5-2/h6,8,12,14,18-19,21-22,40H,4-5,7,9-11,13,15-17,20,23-39H2,1-3H3,(H,45,46)/b8-6-,14-12-,19-18-,22-21-. The molecule has 2 atom stereocenters. The Morgan fingerprint density at radius 2 is 1.00 bits per heavy atom. The minimum Gasteiger partial charge on any atom is -0.462 e. The first-order valence-corrected chi connectivity index (χ1v) is 21.8. The Morgan fingerprint density at radius 1 is 0.569 bits per heavy atom. The van der Waals surface area contributed by atoms with Crippen LogP contribution in [0.4, 0.5) is 0 Å². The Kier molecular flexibility index (Phi) is 36.3. The highest BCUT2D eigenvalue weighted by molar-refractivity contribution is 7.47. The van der Waals surface area contributed by atoms with Crippen LogP contribution < -0.4 is 0 Å². The average molecular weight is 739 g/mol. The van der Waals surface area contributed by atoms with Gasteiger partial charge in [0.15, 0.2) is 6.10 Å². The Hall–Kier alpha value is -1.99. The zero-order valence-electron chi connectivity index (χ0n) is 32.7. The minimum absolute atomic E-state index is 0.229. The third kappa shape index (κ3) is 37.6. The van der Waals surface area contributed by atoms with E-state index < -0.39 is 26.5 Å². The van der Waals surface area contributed by atoms with Crippen molar-refractivity contribution in [1.82, 2.24) is 0 Å². The van der Waals surface area contributed by atoms with Crippen LogP contribution in [0.15, 0.2) is 48.6 Å². The van der Waals surface area contributed by atoms with E-state index in [0.717, 1.165) is 90.6 Å². The van der Waals surface area contributed by atoms with Crippen molar-refractivity contribution in [2.45, 2.75) is 187 Å². The van der Waals surface area contributed by atoms with Crippen LogP contribution in [0.25, 0.3) is 0 Å². The largest absolute Gasteiger partial charge is 0.472 e. The fourth-order valence-corrected chi connectivity index (χ4v) is 5.93. The maximum absolute atomic E-state index is 12.5. The number of unbranched alkanes of at least 4 members (excludes halogenated alkanes) is 18. The maximum atomic E-state index is 12.5. The van der Waals surface area contributed by atoms with Gasteiger partial charge in [-0.15, -0.1) is 0 Å². The van der Waals surface area contributed by atoms with Crippen molar-refractivity contribution in [2.75, 3.05) is 20.3 Å². The van der Waals surface area contributed by atoms with Crippen LogP contribution in [0.5, 0.6) is 0 Å². The Morgan fingerprint density at radius 3 is 1.49 bits per heavy atom. The number of hydrogen-bond donors (Lipinski definition) is 1. The lowest BCUT2D eigenvalue weighted by Crippen LogP contribution is -2.29. The topological polar surface area (TPSA) is 108 Å². The van der Waals surface area contributed by atoms with Crippen LogP contribution in [0.2, 0.25) is 0 Å². The molecule has 51 heavy (non-hydrogen) atoms. The van der Waals surface area contributed by atoms with Gasteiger partial charge < -0.3 is 14.4 Å². The number of phosphoric ester groups is 1. The van der Waals surface area contributed by atoms with Crippen molar-refractivity contribution in [3.63, 3.8) is 0 Å².